The summed E-state index contributed by atoms with van der Waals surface area (Å²) in [6.45, 7) is 0.887. The lowest BCUT2D eigenvalue weighted by molar-refractivity contribution is -0.384. The minimum absolute atomic E-state index is 0.0800. The van der Waals surface area contributed by atoms with E-state index in [4.69, 9.17) is 0 Å². The second-order valence-electron chi connectivity index (χ2n) is 5.06. The number of nitro benzene ring substituents is 1. The first-order chi connectivity index (χ1) is 9.22. The highest BCUT2D eigenvalue weighted by Crippen LogP contribution is 2.33. The van der Waals surface area contributed by atoms with Gasteiger partial charge in [0.05, 0.1) is 16.0 Å². The van der Waals surface area contributed by atoms with Crippen molar-refractivity contribution < 1.29 is 4.92 Å². The van der Waals surface area contributed by atoms with Crippen molar-refractivity contribution >= 4 is 22.7 Å². The molecule has 1 heterocycles. The fourth-order valence-electron chi connectivity index (χ4n) is 2.20. The van der Waals surface area contributed by atoms with Crippen LogP contribution in [0.25, 0.3) is 11.0 Å². The first kappa shape index (κ1) is 12.0. The van der Waals surface area contributed by atoms with Gasteiger partial charge in [-0.25, -0.2) is 4.98 Å². The van der Waals surface area contributed by atoms with E-state index in [0.29, 0.717) is 11.5 Å². The Morgan fingerprint density at radius 3 is 3.05 bits per heavy atom. The van der Waals surface area contributed by atoms with Crippen LogP contribution in [0.5, 0.6) is 0 Å². The Balaban J connectivity index is 1.64. The lowest BCUT2D eigenvalue weighted by Crippen LogP contribution is -2.02. The van der Waals surface area contributed by atoms with E-state index < -0.39 is 4.92 Å². The molecule has 1 saturated carbocycles. The van der Waals surface area contributed by atoms with Crippen molar-refractivity contribution in [2.24, 2.45) is 5.92 Å². The number of aromatic nitrogens is 2. The minimum atomic E-state index is -0.400. The average Bonchev–Trinajstić information content (AvgIpc) is 3.12. The molecule has 0 radical (unpaired) electrons. The molecule has 19 heavy (non-hydrogen) atoms. The summed E-state index contributed by atoms with van der Waals surface area (Å²) in [5, 5.41) is 13.9. The maximum absolute atomic E-state index is 10.7. The molecule has 0 bridgehead atoms. The standard InChI is InChI=1S/C13H16N4O2/c18-17(19)10-5-6-11-12(8-10)16-13(15-11)14-7-1-2-9-3-4-9/h5-6,8-9H,1-4,7H2,(H2,14,15,16). The maximum Gasteiger partial charge on any atom is 0.271 e. The number of aromatic amines is 1. The van der Waals surface area contributed by atoms with Crippen molar-refractivity contribution in [3.05, 3.63) is 28.3 Å². The van der Waals surface area contributed by atoms with Gasteiger partial charge >= 0.3 is 0 Å². The molecule has 3 rings (SSSR count). The zero-order valence-electron chi connectivity index (χ0n) is 10.6. The zero-order valence-corrected chi connectivity index (χ0v) is 10.6. The quantitative estimate of drug-likeness (QED) is 0.475. The molecular formula is C13H16N4O2. The molecule has 0 unspecified atom stereocenters. The molecule has 2 N–H and O–H groups in total. The second-order valence-corrected chi connectivity index (χ2v) is 5.06. The Hall–Kier alpha value is -2.11. The van der Waals surface area contributed by atoms with Crippen LogP contribution >= 0.6 is 0 Å². The third-order valence-corrected chi connectivity index (χ3v) is 3.45. The molecule has 0 atom stereocenters. The highest BCUT2D eigenvalue weighted by molar-refractivity contribution is 5.79. The lowest BCUT2D eigenvalue weighted by atomic mass is 10.2. The van der Waals surface area contributed by atoms with Gasteiger partial charge in [-0.1, -0.05) is 12.8 Å². The van der Waals surface area contributed by atoms with Gasteiger partial charge in [0.15, 0.2) is 0 Å². The predicted octanol–water partition coefficient (Wildman–Crippen LogP) is 3.07. The Morgan fingerprint density at radius 1 is 1.47 bits per heavy atom. The van der Waals surface area contributed by atoms with E-state index in [0.717, 1.165) is 24.4 Å². The highest BCUT2D eigenvalue weighted by Gasteiger charge is 2.20. The molecule has 1 aromatic carbocycles. The summed E-state index contributed by atoms with van der Waals surface area (Å²) in [6.07, 6.45) is 5.18. The van der Waals surface area contributed by atoms with Crippen LogP contribution in [0.4, 0.5) is 11.6 Å². The van der Waals surface area contributed by atoms with E-state index in [9.17, 15) is 10.1 Å². The Bertz CT molecular complexity index is 604. The van der Waals surface area contributed by atoms with Crippen LogP contribution in [0.3, 0.4) is 0 Å². The van der Waals surface area contributed by atoms with Crippen LogP contribution in [0.2, 0.25) is 0 Å². The van der Waals surface area contributed by atoms with Crippen LogP contribution in [-0.2, 0) is 0 Å². The molecule has 1 aromatic heterocycles. The smallest absolute Gasteiger partial charge is 0.271 e. The number of fused-ring (bicyclic) bond motifs is 1. The van der Waals surface area contributed by atoms with Gasteiger partial charge in [-0.15, -0.1) is 0 Å². The van der Waals surface area contributed by atoms with Gasteiger partial charge in [-0.3, -0.25) is 10.1 Å². The number of nitro groups is 1. The molecule has 1 aliphatic rings. The first-order valence-corrected chi connectivity index (χ1v) is 6.60. The third kappa shape index (κ3) is 2.83. The first-order valence-electron chi connectivity index (χ1n) is 6.60. The normalized spacial score (nSPS) is 14.7. The molecule has 0 aliphatic heterocycles. The Kier molecular flexibility index (Phi) is 3.06. The van der Waals surface area contributed by atoms with Crippen molar-refractivity contribution in [1.82, 2.24) is 9.97 Å². The van der Waals surface area contributed by atoms with Gasteiger partial charge in [-0.05, 0) is 24.8 Å². The Labute approximate surface area is 110 Å². The van der Waals surface area contributed by atoms with E-state index in [-0.39, 0.29) is 5.69 Å². The monoisotopic (exact) mass is 260 g/mol. The predicted molar refractivity (Wildman–Crippen MR) is 73.2 cm³/mol. The molecular weight excluding hydrogens is 244 g/mol. The minimum Gasteiger partial charge on any atom is -0.356 e. The van der Waals surface area contributed by atoms with Gasteiger partial charge in [0.25, 0.3) is 5.69 Å². The van der Waals surface area contributed by atoms with Crippen LogP contribution in [-0.4, -0.2) is 21.4 Å². The fraction of sp³-hybridized carbons (Fsp3) is 0.462. The maximum atomic E-state index is 10.7. The SMILES string of the molecule is O=[N+]([O-])c1ccc2nc(NCCCC3CC3)[nH]c2c1. The van der Waals surface area contributed by atoms with Crippen LogP contribution < -0.4 is 5.32 Å². The summed E-state index contributed by atoms with van der Waals surface area (Å²) in [4.78, 5) is 17.7. The Morgan fingerprint density at radius 2 is 2.32 bits per heavy atom. The average molecular weight is 260 g/mol. The number of anilines is 1. The summed E-state index contributed by atoms with van der Waals surface area (Å²) < 4.78 is 0. The van der Waals surface area contributed by atoms with E-state index in [1.807, 2.05) is 0 Å². The van der Waals surface area contributed by atoms with Crippen LogP contribution in [0.15, 0.2) is 18.2 Å². The zero-order chi connectivity index (χ0) is 13.2. The van der Waals surface area contributed by atoms with Crippen LogP contribution in [0.1, 0.15) is 25.7 Å². The van der Waals surface area contributed by atoms with Gasteiger partial charge in [-0.2, -0.15) is 0 Å². The fourth-order valence-corrected chi connectivity index (χ4v) is 2.20. The van der Waals surface area contributed by atoms with Gasteiger partial charge in [0.2, 0.25) is 5.95 Å². The number of imidazole rings is 1. The largest absolute Gasteiger partial charge is 0.356 e. The summed E-state index contributed by atoms with van der Waals surface area (Å²) in [7, 11) is 0. The lowest BCUT2D eigenvalue weighted by Gasteiger charge is -2.01. The molecule has 0 spiro atoms. The molecule has 6 heteroatoms. The van der Waals surface area contributed by atoms with Gasteiger partial charge in [0.1, 0.15) is 0 Å². The van der Waals surface area contributed by atoms with Gasteiger partial charge in [0, 0.05) is 18.7 Å². The van der Waals surface area contributed by atoms with E-state index in [1.54, 1.807) is 6.07 Å². The van der Waals surface area contributed by atoms with Crippen molar-refractivity contribution in [2.75, 3.05) is 11.9 Å². The number of rotatable bonds is 6. The van der Waals surface area contributed by atoms with Crippen molar-refractivity contribution in [3.63, 3.8) is 0 Å². The molecule has 1 aliphatic carbocycles. The number of benzene rings is 1. The summed E-state index contributed by atoms with van der Waals surface area (Å²) in [6, 6.07) is 4.65. The van der Waals surface area contributed by atoms with Crippen molar-refractivity contribution in [2.45, 2.75) is 25.7 Å². The summed E-state index contributed by atoms with van der Waals surface area (Å²) >= 11 is 0. The van der Waals surface area contributed by atoms with E-state index >= 15 is 0 Å². The molecule has 2 aromatic rings. The van der Waals surface area contributed by atoms with Crippen molar-refractivity contribution in [3.8, 4) is 0 Å². The summed E-state index contributed by atoms with van der Waals surface area (Å²) in [5.74, 6) is 1.63. The molecule has 1 fully saturated rings. The van der Waals surface area contributed by atoms with E-state index in [2.05, 4.69) is 15.3 Å². The number of non-ortho nitro benzene ring substituents is 1. The topological polar surface area (TPSA) is 83.8 Å². The molecule has 0 saturated heterocycles. The molecule has 0 amide bonds. The molecule has 6 nitrogen and oxygen atoms in total. The number of hydrogen-bond donors (Lipinski definition) is 2. The third-order valence-electron chi connectivity index (χ3n) is 3.45. The summed E-state index contributed by atoms with van der Waals surface area (Å²) in [5.41, 5.74) is 1.52. The van der Waals surface area contributed by atoms with E-state index in [1.165, 1.54) is 31.4 Å². The second kappa shape index (κ2) is 4.87. The van der Waals surface area contributed by atoms with Gasteiger partial charge < -0.3 is 10.3 Å². The number of H-pyrrole nitrogens is 1. The molecule has 100 valence electrons. The van der Waals surface area contributed by atoms with Crippen LogP contribution in [0, 0.1) is 16.0 Å². The number of nitrogens with one attached hydrogen (secondary N) is 2. The van der Waals surface area contributed by atoms with Crippen molar-refractivity contribution in [1.29, 1.82) is 0 Å². The number of hydrogen-bond acceptors (Lipinski definition) is 4. The highest BCUT2D eigenvalue weighted by atomic mass is 16.6. The number of nitrogens with zero attached hydrogens (tertiary/aromatic N) is 2.